The summed E-state index contributed by atoms with van der Waals surface area (Å²) in [7, 11) is 0. The van der Waals surface area contributed by atoms with Crippen LogP contribution in [0.3, 0.4) is 0 Å². The van der Waals surface area contributed by atoms with Gasteiger partial charge in [-0.1, -0.05) is 67.1 Å². The minimum Gasteiger partial charge on any atom is -0.481 e. The molecule has 0 saturated carbocycles. The first-order valence-electron chi connectivity index (χ1n) is 8.95. The molecule has 0 radical (unpaired) electrons. The Balaban J connectivity index is 1.99. The van der Waals surface area contributed by atoms with Crippen molar-refractivity contribution < 1.29 is 9.90 Å². The van der Waals surface area contributed by atoms with Gasteiger partial charge in [-0.3, -0.25) is 9.20 Å². The van der Waals surface area contributed by atoms with Crippen molar-refractivity contribution in [2.45, 2.75) is 26.7 Å². The minimum absolute atomic E-state index is 0.00126. The van der Waals surface area contributed by atoms with Crippen LogP contribution in [-0.2, 0) is 17.6 Å². The topological polar surface area (TPSA) is 54.6 Å². The number of hydrogen-bond donors (Lipinski definition) is 1. The number of aryl methyl sites for hydroxylation is 2. The van der Waals surface area contributed by atoms with Crippen molar-refractivity contribution >= 4 is 22.3 Å². The number of carboxylic acid groups (broad SMARTS) is 1. The molecule has 2 aromatic carbocycles. The van der Waals surface area contributed by atoms with Crippen molar-refractivity contribution in [2.75, 3.05) is 0 Å². The zero-order chi connectivity index (χ0) is 19.0. The molecule has 2 heterocycles. The molecule has 0 aliphatic rings. The zero-order valence-electron chi connectivity index (χ0n) is 15.3. The SMILES string of the molecule is CCc1c(-c2ccc(C)cc2)nc2sc(CC(=O)O)c(-c3ccccc3)n12. The Hall–Kier alpha value is -2.92. The first-order valence-corrected chi connectivity index (χ1v) is 9.77. The van der Waals surface area contributed by atoms with E-state index >= 15 is 0 Å². The molecule has 1 N–H and O–H groups in total. The summed E-state index contributed by atoms with van der Waals surface area (Å²) >= 11 is 1.47. The average molecular weight is 376 g/mol. The standard InChI is InChI=1S/C22H20N2O2S/c1-3-17-20(15-11-9-14(2)10-12-15)23-22-24(17)21(16-7-5-4-6-8-16)18(27-22)13-19(25)26/h4-12H,3,13H2,1-2H3,(H,25,26). The van der Waals surface area contributed by atoms with Gasteiger partial charge in [-0.25, -0.2) is 4.98 Å². The van der Waals surface area contributed by atoms with E-state index in [0.29, 0.717) is 0 Å². The molecule has 4 rings (SSSR count). The first kappa shape index (κ1) is 17.5. The lowest BCUT2D eigenvalue weighted by molar-refractivity contribution is -0.136. The van der Waals surface area contributed by atoms with Gasteiger partial charge in [0.05, 0.1) is 23.5 Å². The van der Waals surface area contributed by atoms with Gasteiger partial charge in [0, 0.05) is 10.4 Å². The summed E-state index contributed by atoms with van der Waals surface area (Å²) in [6.45, 7) is 4.19. The Labute approximate surface area is 161 Å². The number of rotatable bonds is 5. The highest BCUT2D eigenvalue weighted by atomic mass is 32.1. The summed E-state index contributed by atoms with van der Waals surface area (Å²) in [5.74, 6) is -0.825. The van der Waals surface area contributed by atoms with Crippen molar-refractivity contribution in [2.24, 2.45) is 0 Å². The lowest BCUT2D eigenvalue weighted by Crippen LogP contribution is -2.02. The van der Waals surface area contributed by atoms with Gasteiger partial charge in [0.15, 0.2) is 4.96 Å². The Morgan fingerprint density at radius 2 is 1.78 bits per heavy atom. The molecule has 136 valence electrons. The van der Waals surface area contributed by atoms with Crippen LogP contribution in [0, 0.1) is 6.92 Å². The van der Waals surface area contributed by atoms with Crippen LogP contribution in [0.5, 0.6) is 0 Å². The number of aliphatic carboxylic acids is 1. The maximum atomic E-state index is 11.4. The smallest absolute Gasteiger partial charge is 0.308 e. The van der Waals surface area contributed by atoms with Gasteiger partial charge >= 0.3 is 5.97 Å². The van der Waals surface area contributed by atoms with Crippen LogP contribution in [0.15, 0.2) is 54.6 Å². The number of fused-ring (bicyclic) bond motifs is 1. The van der Waals surface area contributed by atoms with E-state index in [1.165, 1.54) is 16.9 Å². The number of benzene rings is 2. The van der Waals surface area contributed by atoms with E-state index in [4.69, 9.17) is 4.98 Å². The number of hydrogen-bond acceptors (Lipinski definition) is 3. The summed E-state index contributed by atoms with van der Waals surface area (Å²) in [5, 5.41) is 9.36. The third kappa shape index (κ3) is 3.15. The Morgan fingerprint density at radius 1 is 1.07 bits per heavy atom. The van der Waals surface area contributed by atoms with Crippen molar-refractivity contribution in [3.63, 3.8) is 0 Å². The predicted molar refractivity (Wildman–Crippen MR) is 109 cm³/mol. The number of carboxylic acids is 1. The van der Waals surface area contributed by atoms with Crippen molar-refractivity contribution in [1.82, 2.24) is 9.38 Å². The van der Waals surface area contributed by atoms with Crippen LogP contribution < -0.4 is 0 Å². The minimum atomic E-state index is -0.825. The largest absolute Gasteiger partial charge is 0.481 e. The summed E-state index contributed by atoms with van der Waals surface area (Å²) in [5.41, 5.74) is 6.35. The molecule has 0 unspecified atom stereocenters. The quantitative estimate of drug-likeness (QED) is 0.519. The molecule has 0 fully saturated rings. The second-order valence-electron chi connectivity index (χ2n) is 6.56. The summed E-state index contributed by atoms with van der Waals surface area (Å²) in [6.07, 6.45) is 0.814. The molecule has 0 saturated heterocycles. The number of thiazole rings is 1. The van der Waals surface area contributed by atoms with Crippen LogP contribution in [0.4, 0.5) is 0 Å². The monoisotopic (exact) mass is 376 g/mol. The Morgan fingerprint density at radius 3 is 2.41 bits per heavy atom. The van der Waals surface area contributed by atoms with E-state index in [9.17, 15) is 9.90 Å². The highest BCUT2D eigenvalue weighted by Crippen LogP contribution is 2.37. The molecule has 0 atom stereocenters. The van der Waals surface area contributed by atoms with Gasteiger partial charge in [-0.15, -0.1) is 11.3 Å². The van der Waals surface area contributed by atoms with Crippen LogP contribution in [0.25, 0.3) is 27.5 Å². The summed E-state index contributed by atoms with van der Waals surface area (Å²) < 4.78 is 2.15. The molecule has 5 heteroatoms. The van der Waals surface area contributed by atoms with E-state index in [-0.39, 0.29) is 6.42 Å². The normalized spacial score (nSPS) is 11.2. The van der Waals surface area contributed by atoms with E-state index in [0.717, 1.165) is 44.5 Å². The second kappa shape index (κ2) is 7.00. The van der Waals surface area contributed by atoms with Crippen LogP contribution in [0.2, 0.25) is 0 Å². The lowest BCUT2D eigenvalue weighted by atomic mass is 10.1. The Bertz CT molecular complexity index is 1110. The number of imidazole rings is 1. The first-order chi connectivity index (χ1) is 13.1. The van der Waals surface area contributed by atoms with Gasteiger partial charge in [0.1, 0.15) is 0 Å². The van der Waals surface area contributed by atoms with Gasteiger partial charge in [-0.2, -0.15) is 0 Å². The fourth-order valence-corrected chi connectivity index (χ4v) is 4.58. The molecule has 4 nitrogen and oxygen atoms in total. The van der Waals surface area contributed by atoms with Gasteiger partial charge < -0.3 is 5.11 Å². The van der Waals surface area contributed by atoms with Crippen LogP contribution in [0.1, 0.15) is 23.1 Å². The molecular formula is C22H20N2O2S. The second-order valence-corrected chi connectivity index (χ2v) is 7.62. The third-order valence-corrected chi connectivity index (χ3v) is 5.70. The van der Waals surface area contributed by atoms with Gasteiger partial charge in [0.25, 0.3) is 0 Å². The number of aromatic nitrogens is 2. The molecule has 0 spiro atoms. The van der Waals surface area contributed by atoms with E-state index in [1.54, 1.807) is 0 Å². The molecule has 0 aliphatic heterocycles. The van der Waals surface area contributed by atoms with Gasteiger partial charge in [-0.05, 0) is 18.9 Å². The van der Waals surface area contributed by atoms with Crippen LogP contribution >= 0.6 is 11.3 Å². The van der Waals surface area contributed by atoms with E-state index in [1.807, 2.05) is 30.3 Å². The van der Waals surface area contributed by atoms with E-state index < -0.39 is 5.97 Å². The van der Waals surface area contributed by atoms with Crippen LogP contribution in [-0.4, -0.2) is 20.5 Å². The predicted octanol–water partition coefficient (Wildman–Crippen LogP) is 5.23. The van der Waals surface area contributed by atoms with Crippen molar-refractivity contribution in [3.8, 4) is 22.5 Å². The molecule has 27 heavy (non-hydrogen) atoms. The maximum absolute atomic E-state index is 11.4. The van der Waals surface area contributed by atoms with E-state index in [2.05, 4.69) is 42.5 Å². The highest BCUT2D eigenvalue weighted by Gasteiger charge is 2.22. The summed E-state index contributed by atoms with van der Waals surface area (Å²) in [4.78, 5) is 18.0. The number of nitrogens with zero attached hydrogens (tertiary/aromatic N) is 2. The molecule has 0 bridgehead atoms. The fraction of sp³-hybridized carbons (Fsp3) is 0.182. The molecule has 0 amide bonds. The molecular weight excluding hydrogens is 356 g/mol. The molecule has 4 aromatic rings. The average Bonchev–Trinajstić information content (AvgIpc) is 3.17. The molecule has 0 aliphatic carbocycles. The van der Waals surface area contributed by atoms with Gasteiger partial charge in [0.2, 0.25) is 0 Å². The third-order valence-electron chi connectivity index (χ3n) is 4.66. The molecule has 2 aromatic heterocycles. The summed E-state index contributed by atoms with van der Waals surface area (Å²) in [6, 6.07) is 18.4. The Kier molecular flexibility index (Phi) is 4.54. The fourth-order valence-electron chi connectivity index (χ4n) is 3.43. The highest BCUT2D eigenvalue weighted by molar-refractivity contribution is 7.17. The zero-order valence-corrected chi connectivity index (χ0v) is 16.1. The lowest BCUT2D eigenvalue weighted by Gasteiger charge is -2.08. The van der Waals surface area contributed by atoms with Crippen molar-refractivity contribution in [3.05, 3.63) is 70.7 Å². The van der Waals surface area contributed by atoms with Crippen molar-refractivity contribution in [1.29, 1.82) is 0 Å². The number of carbonyl (C=O) groups is 1. The maximum Gasteiger partial charge on any atom is 0.308 e.